The predicted octanol–water partition coefficient (Wildman–Crippen LogP) is 6.36. The van der Waals surface area contributed by atoms with Crippen LogP contribution in [-0.2, 0) is 11.3 Å². The molecule has 3 heterocycles. The van der Waals surface area contributed by atoms with Crippen molar-refractivity contribution in [1.82, 2.24) is 19.9 Å². The molecule has 2 aromatic carbocycles. The summed E-state index contributed by atoms with van der Waals surface area (Å²) in [6, 6.07) is 14.5. The molecule has 214 valence electrons. The third-order valence-corrected chi connectivity index (χ3v) is 6.79. The van der Waals surface area contributed by atoms with Gasteiger partial charge < -0.3 is 30.2 Å². The summed E-state index contributed by atoms with van der Waals surface area (Å²) in [5, 5.41) is 4.46. The van der Waals surface area contributed by atoms with E-state index in [1.54, 1.807) is 35.4 Å². The number of halogens is 1. The van der Waals surface area contributed by atoms with Crippen LogP contribution in [-0.4, -0.2) is 50.7 Å². The maximum absolute atomic E-state index is 12.6. The van der Waals surface area contributed by atoms with Crippen LogP contribution in [0.25, 0.3) is 10.9 Å². The number of benzene rings is 2. The summed E-state index contributed by atoms with van der Waals surface area (Å²) >= 11 is 6.49. The summed E-state index contributed by atoms with van der Waals surface area (Å²) < 4.78 is 17.5. The Morgan fingerprint density at radius 3 is 2.71 bits per heavy atom. The third kappa shape index (κ3) is 7.07. The van der Waals surface area contributed by atoms with Crippen molar-refractivity contribution in [2.75, 3.05) is 24.2 Å². The van der Waals surface area contributed by atoms with Crippen LogP contribution in [0, 0.1) is 0 Å². The van der Waals surface area contributed by atoms with Gasteiger partial charge >= 0.3 is 6.09 Å². The molecule has 0 aliphatic carbocycles. The Morgan fingerprint density at radius 2 is 1.95 bits per heavy atom. The Kier molecular flexibility index (Phi) is 8.30. The second-order valence-electron chi connectivity index (χ2n) is 10.8. The third-order valence-electron chi connectivity index (χ3n) is 6.50. The molecule has 3 N–H and O–H groups in total. The number of amides is 1. The number of hydrogen-bond acceptors (Lipinski definition) is 9. The van der Waals surface area contributed by atoms with Crippen LogP contribution in [0.4, 0.5) is 22.0 Å². The number of pyridine rings is 1. The molecule has 2 aromatic heterocycles. The van der Waals surface area contributed by atoms with Gasteiger partial charge in [-0.15, -0.1) is 0 Å². The van der Waals surface area contributed by atoms with E-state index < -0.39 is 5.60 Å². The van der Waals surface area contributed by atoms with Gasteiger partial charge in [0.15, 0.2) is 0 Å². The zero-order valence-corrected chi connectivity index (χ0v) is 24.0. The molecule has 0 saturated carbocycles. The minimum Gasteiger partial charge on any atom is -0.489 e. The molecule has 1 fully saturated rings. The number of hydrogen-bond donors (Lipinski definition) is 2. The molecule has 1 aliphatic rings. The number of nitrogen functional groups attached to an aromatic ring is 1. The lowest BCUT2D eigenvalue weighted by Crippen LogP contribution is -2.42. The van der Waals surface area contributed by atoms with E-state index in [9.17, 15) is 4.79 Å². The lowest BCUT2D eigenvalue weighted by atomic mass is 10.2. The number of anilines is 3. The van der Waals surface area contributed by atoms with Crippen molar-refractivity contribution in [2.24, 2.45) is 0 Å². The van der Waals surface area contributed by atoms with Gasteiger partial charge in [-0.05, 0) is 70.0 Å². The van der Waals surface area contributed by atoms with E-state index >= 15 is 0 Å². The van der Waals surface area contributed by atoms with Gasteiger partial charge in [-0.25, -0.2) is 14.8 Å². The molecule has 11 heteroatoms. The molecule has 1 atom stereocenters. The number of nitrogens with one attached hydrogen (secondary N) is 1. The standard InChI is InChI=1S/C30H33ClN6O4/c1-30(2,3)41-29(38)37-12-6-8-21(37)17-40-27-15-25-22(14-24(27)32)28(35-18-34-25)36-19-9-10-26(23(31)13-19)39-16-20-7-4-5-11-33-20/h4-5,7,9-11,13-15,18,21H,6,8,12,16-17,32H2,1-3H3,(H,34,35,36). The molecule has 1 saturated heterocycles. The van der Waals surface area contributed by atoms with Crippen LogP contribution in [0.1, 0.15) is 39.3 Å². The molecule has 0 bridgehead atoms. The van der Waals surface area contributed by atoms with Crippen molar-refractivity contribution in [1.29, 1.82) is 0 Å². The normalized spacial score (nSPS) is 15.1. The van der Waals surface area contributed by atoms with Gasteiger partial charge in [-0.3, -0.25) is 4.98 Å². The molecule has 0 radical (unpaired) electrons. The summed E-state index contributed by atoms with van der Waals surface area (Å²) in [6.07, 6.45) is 4.59. The van der Waals surface area contributed by atoms with Gasteiger partial charge in [-0.2, -0.15) is 0 Å². The number of aromatic nitrogens is 3. The fourth-order valence-electron chi connectivity index (χ4n) is 4.55. The first-order valence-corrected chi connectivity index (χ1v) is 13.8. The Hall–Kier alpha value is -4.31. The number of nitrogens with two attached hydrogens (primary N) is 1. The molecule has 1 aliphatic heterocycles. The summed E-state index contributed by atoms with van der Waals surface area (Å²) in [4.78, 5) is 27.4. The molecule has 1 unspecified atom stereocenters. The van der Waals surface area contributed by atoms with Crippen LogP contribution >= 0.6 is 11.6 Å². The fraction of sp³-hybridized carbons (Fsp3) is 0.333. The van der Waals surface area contributed by atoms with E-state index in [1.807, 2.05) is 45.0 Å². The van der Waals surface area contributed by atoms with Crippen molar-refractivity contribution in [3.8, 4) is 11.5 Å². The smallest absolute Gasteiger partial charge is 0.410 e. The van der Waals surface area contributed by atoms with E-state index in [-0.39, 0.29) is 12.1 Å². The minimum absolute atomic E-state index is 0.0942. The van der Waals surface area contributed by atoms with Gasteiger partial charge in [0.1, 0.15) is 42.5 Å². The Morgan fingerprint density at radius 1 is 1.10 bits per heavy atom. The highest BCUT2D eigenvalue weighted by Gasteiger charge is 2.32. The SMILES string of the molecule is CC(C)(C)OC(=O)N1CCCC1COc1cc2ncnc(Nc3ccc(OCc4ccccn4)c(Cl)c3)c2cc1N. The summed E-state index contributed by atoms with van der Waals surface area (Å²) in [6.45, 7) is 6.83. The Bertz CT molecular complexity index is 1530. The minimum atomic E-state index is -0.555. The maximum atomic E-state index is 12.6. The predicted molar refractivity (Wildman–Crippen MR) is 159 cm³/mol. The number of carbonyl (C=O) groups excluding carboxylic acids is 1. The molecule has 10 nitrogen and oxygen atoms in total. The van der Waals surface area contributed by atoms with Crippen molar-refractivity contribution >= 4 is 45.8 Å². The highest BCUT2D eigenvalue weighted by atomic mass is 35.5. The molecule has 5 rings (SSSR count). The van der Waals surface area contributed by atoms with Crippen molar-refractivity contribution in [2.45, 2.75) is 51.9 Å². The number of nitrogens with zero attached hydrogens (tertiary/aromatic N) is 4. The zero-order chi connectivity index (χ0) is 29.0. The second kappa shape index (κ2) is 12.1. The molecule has 4 aromatic rings. The number of rotatable bonds is 8. The van der Waals surface area contributed by atoms with Gasteiger partial charge in [0.2, 0.25) is 0 Å². The van der Waals surface area contributed by atoms with Crippen molar-refractivity contribution in [3.63, 3.8) is 0 Å². The number of fused-ring (bicyclic) bond motifs is 1. The van der Waals surface area contributed by atoms with Gasteiger partial charge in [0.25, 0.3) is 0 Å². The van der Waals surface area contributed by atoms with Crippen LogP contribution in [0.2, 0.25) is 5.02 Å². The number of carbonyl (C=O) groups is 1. The van der Waals surface area contributed by atoms with Crippen LogP contribution in [0.3, 0.4) is 0 Å². The van der Waals surface area contributed by atoms with Crippen LogP contribution in [0.15, 0.2) is 61.1 Å². The fourth-order valence-corrected chi connectivity index (χ4v) is 4.78. The first-order valence-electron chi connectivity index (χ1n) is 13.4. The Labute approximate surface area is 243 Å². The molecule has 0 spiro atoms. The van der Waals surface area contributed by atoms with Gasteiger partial charge in [-0.1, -0.05) is 17.7 Å². The largest absolute Gasteiger partial charge is 0.489 e. The number of likely N-dealkylation sites (tertiary alicyclic amines) is 1. The molecular weight excluding hydrogens is 544 g/mol. The van der Waals surface area contributed by atoms with E-state index in [0.717, 1.165) is 29.6 Å². The molecule has 41 heavy (non-hydrogen) atoms. The van der Waals surface area contributed by atoms with Crippen LogP contribution < -0.4 is 20.5 Å². The average molecular weight is 577 g/mol. The van der Waals surface area contributed by atoms with Gasteiger partial charge in [0, 0.05) is 29.9 Å². The second-order valence-corrected chi connectivity index (χ2v) is 11.2. The first kappa shape index (κ1) is 28.2. The van der Waals surface area contributed by atoms with Crippen molar-refractivity contribution < 1.29 is 19.0 Å². The average Bonchev–Trinajstić information content (AvgIpc) is 3.41. The monoisotopic (exact) mass is 576 g/mol. The highest BCUT2D eigenvalue weighted by molar-refractivity contribution is 6.32. The van der Waals surface area contributed by atoms with Gasteiger partial charge in [0.05, 0.1) is 28.0 Å². The lowest BCUT2D eigenvalue weighted by molar-refractivity contribution is 0.0188. The summed E-state index contributed by atoms with van der Waals surface area (Å²) in [5.74, 6) is 1.61. The van der Waals surface area contributed by atoms with E-state index in [2.05, 4.69) is 20.3 Å². The van der Waals surface area contributed by atoms with E-state index in [4.69, 9.17) is 31.5 Å². The number of ether oxygens (including phenoxy) is 3. The van der Waals surface area contributed by atoms with Crippen LogP contribution in [0.5, 0.6) is 11.5 Å². The summed E-state index contributed by atoms with van der Waals surface area (Å²) in [7, 11) is 0. The molecular formula is C30H33ClN6O4. The van der Waals surface area contributed by atoms with E-state index in [0.29, 0.717) is 53.3 Å². The van der Waals surface area contributed by atoms with Crippen molar-refractivity contribution in [3.05, 3.63) is 71.8 Å². The summed E-state index contributed by atoms with van der Waals surface area (Å²) in [5.41, 5.74) is 8.45. The maximum Gasteiger partial charge on any atom is 0.410 e. The van der Waals surface area contributed by atoms with E-state index in [1.165, 1.54) is 6.33 Å². The zero-order valence-electron chi connectivity index (χ0n) is 23.3. The molecule has 1 amide bonds. The topological polar surface area (TPSA) is 125 Å². The lowest BCUT2D eigenvalue weighted by Gasteiger charge is -2.28. The quantitative estimate of drug-likeness (QED) is 0.230. The Balaban J connectivity index is 1.26. The highest BCUT2D eigenvalue weighted by Crippen LogP contribution is 2.34. The first-order chi connectivity index (χ1) is 19.7.